The Kier molecular flexibility index (Phi) is 9.73. The molecule has 4 aromatic carbocycles. The number of nitrogens with zero attached hydrogens (tertiary/aromatic N) is 4. The van der Waals surface area contributed by atoms with E-state index in [0.717, 1.165) is 11.1 Å². The van der Waals surface area contributed by atoms with Crippen molar-refractivity contribution in [2.45, 2.75) is 44.1 Å². The number of aromatic hydroxyl groups is 1. The Morgan fingerprint density at radius 1 is 0.915 bits per heavy atom. The zero-order valence-corrected chi connectivity index (χ0v) is 26.5. The van der Waals surface area contributed by atoms with Gasteiger partial charge in [0.15, 0.2) is 12.1 Å². The van der Waals surface area contributed by atoms with Crippen LogP contribution in [0.25, 0.3) is 5.69 Å². The molecule has 12 heteroatoms. The summed E-state index contributed by atoms with van der Waals surface area (Å²) in [6.07, 6.45) is -1.45. The molecule has 11 nitrogen and oxygen atoms in total. The number of Topliss-reactive ketones (excluding diaryl/α,β-unsaturated/α-hetero) is 1. The zero-order chi connectivity index (χ0) is 32.9. The maximum Gasteiger partial charge on any atom is 0.255 e. The van der Waals surface area contributed by atoms with Crippen LogP contribution in [0, 0.1) is 5.92 Å². The lowest BCUT2D eigenvalue weighted by atomic mass is 9.91. The number of ether oxygens (including phenoxy) is 2. The minimum Gasteiger partial charge on any atom is -0.508 e. The zero-order valence-electron chi connectivity index (χ0n) is 25.7. The third-order valence-corrected chi connectivity index (χ3v) is 8.99. The lowest BCUT2D eigenvalue weighted by molar-refractivity contribution is -0.268. The fourth-order valence-electron chi connectivity index (χ4n) is 5.34. The highest BCUT2D eigenvalue weighted by atomic mass is 32.2. The van der Waals surface area contributed by atoms with E-state index in [2.05, 4.69) is 27.8 Å². The summed E-state index contributed by atoms with van der Waals surface area (Å²) in [4.78, 5) is 25.1. The molecule has 5 aromatic rings. The molecule has 0 bridgehead atoms. The van der Waals surface area contributed by atoms with Gasteiger partial charge >= 0.3 is 0 Å². The molecular weight excluding hydrogens is 618 g/mol. The summed E-state index contributed by atoms with van der Waals surface area (Å²) in [5.41, 5.74) is 4.54. The van der Waals surface area contributed by atoms with Crippen molar-refractivity contribution in [3.63, 3.8) is 0 Å². The van der Waals surface area contributed by atoms with Crippen molar-refractivity contribution in [2.24, 2.45) is 5.92 Å². The van der Waals surface area contributed by atoms with Gasteiger partial charge in [-0.1, -0.05) is 67.2 Å². The highest BCUT2D eigenvalue weighted by Crippen LogP contribution is 2.43. The maximum atomic E-state index is 13.3. The average molecular weight is 652 g/mol. The molecule has 0 radical (unpaired) electrons. The van der Waals surface area contributed by atoms with Crippen molar-refractivity contribution in [3.8, 4) is 11.4 Å². The van der Waals surface area contributed by atoms with E-state index in [0.29, 0.717) is 39.0 Å². The lowest BCUT2D eigenvalue weighted by Gasteiger charge is -2.41. The lowest BCUT2D eigenvalue weighted by Crippen LogP contribution is -2.38. The van der Waals surface area contributed by atoms with E-state index in [1.807, 2.05) is 30.3 Å². The van der Waals surface area contributed by atoms with E-state index < -0.39 is 6.29 Å². The van der Waals surface area contributed by atoms with Gasteiger partial charge in [0, 0.05) is 34.0 Å². The van der Waals surface area contributed by atoms with Gasteiger partial charge in [-0.05, 0) is 77.0 Å². The van der Waals surface area contributed by atoms with Gasteiger partial charge in [-0.25, -0.2) is 0 Å². The smallest absolute Gasteiger partial charge is 0.255 e. The van der Waals surface area contributed by atoms with Crippen LogP contribution in [-0.4, -0.2) is 54.0 Å². The Bertz CT molecular complexity index is 1860. The number of nitrogens with one attached hydrogen (secondary N) is 1. The summed E-state index contributed by atoms with van der Waals surface area (Å²) in [5, 5.41) is 34.9. The second-order valence-electron chi connectivity index (χ2n) is 11.2. The predicted octanol–water partition coefficient (Wildman–Crippen LogP) is 5.90. The number of phenols is 1. The first-order valence-corrected chi connectivity index (χ1v) is 16.0. The average Bonchev–Trinajstić information content (AvgIpc) is 3.57. The summed E-state index contributed by atoms with van der Waals surface area (Å²) in [6, 6.07) is 28.1. The quantitative estimate of drug-likeness (QED) is 0.123. The summed E-state index contributed by atoms with van der Waals surface area (Å²) in [6.45, 7) is 3.48. The molecule has 0 aliphatic carbocycles. The van der Waals surface area contributed by atoms with Crippen LogP contribution in [0.5, 0.6) is 5.75 Å². The van der Waals surface area contributed by atoms with Gasteiger partial charge in [-0.3, -0.25) is 9.59 Å². The first-order valence-electron chi connectivity index (χ1n) is 15.0. The number of phenolic OH excluding ortho intramolecular Hbond substituents is 1. The van der Waals surface area contributed by atoms with Crippen molar-refractivity contribution in [3.05, 3.63) is 125 Å². The number of hydrogen-bond acceptors (Lipinski definition) is 10. The van der Waals surface area contributed by atoms with Crippen LogP contribution in [0.3, 0.4) is 0 Å². The van der Waals surface area contributed by atoms with E-state index in [-0.39, 0.29) is 42.2 Å². The fraction of sp³-hybridized carbons (Fsp3) is 0.229. The normalized spacial score (nSPS) is 19.3. The molecule has 4 atom stereocenters. The Balaban J connectivity index is 1.25. The number of thioether (sulfide) groups is 1. The van der Waals surface area contributed by atoms with Crippen LogP contribution in [0.1, 0.15) is 63.6 Å². The van der Waals surface area contributed by atoms with Gasteiger partial charge < -0.3 is 25.0 Å². The second kappa shape index (κ2) is 14.3. The molecule has 6 rings (SSSR count). The highest BCUT2D eigenvalue weighted by Gasteiger charge is 2.39. The number of rotatable bonds is 10. The van der Waals surface area contributed by atoms with Crippen molar-refractivity contribution >= 4 is 29.1 Å². The molecule has 0 spiro atoms. The summed E-state index contributed by atoms with van der Waals surface area (Å²) < 4.78 is 14.8. The van der Waals surface area contributed by atoms with E-state index in [4.69, 9.17) is 9.47 Å². The van der Waals surface area contributed by atoms with Gasteiger partial charge in [0.1, 0.15) is 5.75 Å². The number of aliphatic hydroxyl groups is 1. The first-order chi connectivity index (χ1) is 22.8. The second-order valence-corrected chi connectivity index (χ2v) is 12.2. The molecule has 0 saturated carbocycles. The van der Waals surface area contributed by atoms with Gasteiger partial charge in [-0.2, -0.15) is 4.68 Å². The summed E-state index contributed by atoms with van der Waals surface area (Å²) >= 11 is 1.44. The van der Waals surface area contributed by atoms with E-state index in [1.54, 1.807) is 71.4 Å². The minimum absolute atomic E-state index is 0.0595. The Morgan fingerprint density at radius 3 is 2.40 bits per heavy atom. The highest BCUT2D eigenvalue weighted by molar-refractivity contribution is 7.99. The molecule has 3 N–H and O–H groups in total. The topological polar surface area (TPSA) is 149 Å². The van der Waals surface area contributed by atoms with Crippen LogP contribution >= 0.6 is 11.8 Å². The number of tetrazole rings is 1. The third kappa shape index (κ3) is 7.42. The maximum absolute atomic E-state index is 13.3. The van der Waals surface area contributed by atoms with Crippen LogP contribution in [0.15, 0.2) is 102 Å². The first kappa shape index (κ1) is 32.1. The molecular formula is C35H33N5O6S. The summed E-state index contributed by atoms with van der Waals surface area (Å²) in [7, 11) is 0. The molecule has 1 aliphatic heterocycles. The molecule has 2 heterocycles. The van der Waals surface area contributed by atoms with E-state index in [1.165, 1.54) is 18.7 Å². The van der Waals surface area contributed by atoms with Crippen molar-refractivity contribution in [1.29, 1.82) is 0 Å². The SMILES string of the molecule is CC(=O)c1cccc(NC(=O)c2cccc(C3O[C@H](CSc4nnnn4-c4ccc(O)cc4)[C@H](C)[C@H](c4ccc(CO)cc4)O3)c2)c1. The molecule has 240 valence electrons. The monoisotopic (exact) mass is 651 g/mol. The number of benzene rings is 4. The Morgan fingerprint density at radius 2 is 1.66 bits per heavy atom. The standard InChI is InChI=1S/C35H33N5O6S/c1-21-31(20-47-35-37-38-39-40(35)29-13-15-30(43)16-14-29)45-34(46-32(21)24-11-9-23(19-41)10-12-24)27-7-3-6-26(17-27)33(44)36-28-8-4-5-25(18-28)22(2)42/h3-18,21,31-32,34,41,43H,19-20H2,1-2H3,(H,36,44)/t21-,31+,32+,34?/m0/s1. The van der Waals surface area contributed by atoms with Crippen LogP contribution in [0.2, 0.25) is 0 Å². The van der Waals surface area contributed by atoms with E-state index in [9.17, 15) is 19.8 Å². The largest absolute Gasteiger partial charge is 0.508 e. The number of ketones is 1. The number of aromatic nitrogens is 4. The van der Waals surface area contributed by atoms with Gasteiger partial charge in [-0.15, -0.1) is 5.10 Å². The number of anilines is 1. The Labute approximate surface area is 275 Å². The molecule has 1 aromatic heterocycles. The number of aliphatic hydroxyl groups excluding tert-OH is 1. The minimum atomic E-state index is -0.791. The van der Waals surface area contributed by atoms with Gasteiger partial charge in [0.05, 0.1) is 24.5 Å². The third-order valence-electron chi connectivity index (χ3n) is 7.98. The number of carbonyl (C=O) groups is 2. The van der Waals surface area contributed by atoms with Gasteiger partial charge in [0.2, 0.25) is 5.16 Å². The van der Waals surface area contributed by atoms with E-state index >= 15 is 0 Å². The van der Waals surface area contributed by atoms with Crippen molar-refractivity contribution < 1.29 is 29.3 Å². The molecule has 1 saturated heterocycles. The molecule has 47 heavy (non-hydrogen) atoms. The van der Waals surface area contributed by atoms with Gasteiger partial charge in [0.25, 0.3) is 5.91 Å². The molecule has 1 aliphatic rings. The fourth-order valence-corrected chi connectivity index (χ4v) is 6.39. The molecule has 1 unspecified atom stereocenters. The van der Waals surface area contributed by atoms with Crippen LogP contribution in [0.4, 0.5) is 5.69 Å². The summed E-state index contributed by atoms with van der Waals surface area (Å²) in [5.74, 6) is 0.136. The van der Waals surface area contributed by atoms with Crippen molar-refractivity contribution in [2.75, 3.05) is 11.1 Å². The molecule has 1 fully saturated rings. The Hall–Kier alpha value is -4.88. The predicted molar refractivity (Wildman–Crippen MR) is 175 cm³/mol. The van der Waals surface area contributed by atoms with Crippen molar-refractivity contribution in [1.82, 2.24) is 20.2 Å². The van der Waals surface area contributed by atoms with Crippen LogP contribution in [-0.2, 0) is 16.1 Å². The number of carbonyl (C=O) groups excluding carboxylic acids is 2. The number of hydrogen-bond donors (Lipinski definition) is 3. The molecule has 1 amide bonds. The van der Waals surface area contributed by atoms with Crippen LogP contribution < -0.4 is 5.32 Å². The number of amides is 1.